The zero-order valence-electron chi connectivity index (χ0n) is 15.2. The number of nitrogens with zero attached hydrogens (tertiary/aromatic N) is 1. The van der Waals surface area contributed by atoms with Gasteiger partial charge in [-0.1, -0.05) is 54.7 Å². The number of benzene rings is 2. The fourth-order valence-electron chi connectivity index (χ4n) is 4.02. The van der Waals surface area contributed by atoms with Gasteiger partial charge < -0.3 is 10.1 Å². The van der Waals surface area contributed by atoms with Crippen LogP contribution in [0.25, 0.3) is 22.6 Å². The van der Waals surface area contributed by atoms with E-state index in [9.17, 15) is 5.11 Å². The first-order valence-corrected chi connectivity index (χ1v) is 9.32. The van der Waals surface area contributed by atoms with Crippen LogP contribution in [-0.2, 0) is 11.8 Å². The molecule has 1 heterocycles. The van der Waals surface area contributed by atoms with Gasteiger partial charge in [-0.05, 0) is 43.5 Å². The summed E-state index contributed by atoms with van der Waals surface area (Å²) >= 11 is 12.2. The molecule has 0 spiro atoms. The predicted molar refractivity (Wildman–Crippen MR) is 107 cm³/mol. The summed E-state index contributed by atoms with van der Waals surface area (Å²) in [5.41, 5.74) is 7.40. The number of aromatic nitrogens is 2. The lowest BCUT2D eigenvalue weighted by Gasteiger charge is -2.31. The van der Waals surface area contributed by atoms with Crippen molar-refractivity contribution in [3.63, 3.8) is 0 Å². The predicted octanol–water partition coefficient (Wildman–Crippen LogP) is 6.21. The van der Waals surface area contributed by atoms with Crippen LogP contribution < -0.4 is 0 Å². The Hall–Kier alpha value is -1.97. The number of imidazole rings is 1. The number of nitrogens with one attached hydrogen (secondary N) is 1. The molecule has 0 amide bonds. The molecule has 0 saturated carbocycles. The van der Waals surface area contributed by atoms with Crippen molar-refractivity contribution < 1.29 is 5.11 Å². The number of halogens is 2. The highest BCUT2D eigenvalue weighted by Gasteiger charge is 2.35. The van der Waals surface area contributed by atoms with Crippen LogP contribution in [-0.4, -0.2) is 15.1 Å². The number of phenols is 1. The van der Waals surface area contributed by atoms with Crippen molar-refractivity contribution in [3.8, 4) is 28.4 Å². The number of H-pyrrole nitrogens is 1. The lowest BCUT2D eigenvalue weighted by molar-refractivity contribution is 0.477. The van der Waals surface area contributed by atoms with Crippen LogP contribution >= 0.6 is 23.2 Å². The molecule has 26 heavy (non-hydrogen) atoms. The number of fused-ring (bicyclic) bond motifs is 3. The van der Waals surface area contributed by atoms with Crippen LogP contribution in [0.15, 0.2) is 24.3 Å². The molecular formula is C21H20Cl2N2O. The summed E-state index contributed by atoms with van der Waals surface area (Å²) in [6.07, 6.45) is 0.932. The van der Waals surface area contributed by atoms with E-state index < -0.39 is 0 Å². The maximum atomic E-state index is 10.4. The number of aryl methyl sites for hydroxylation is 2. The molecule has 0 radical (unpaired) electrons. The molecule has 1 aliphatic carbocycles. The summed E-state index contributed by atoms with van der Waals surface area (Å²) in [5.74, 6) is 0.568. The molecule has 4 rings (SSSR count). The second kappa shape index (κ2) is 5.77. The Bertz CT molecular complexity index is 1050. The zero-order valence-corrected chi connectivity index (χ0v) is 16.7. The van der Waals surface area contributed by atoms with Crippen LogP contribution in [0.5, 0.6) is 5.75 Å². The summed E-state index contributed by atoms with van der Waals surface area (Å²) in [4.78, 5) is 8.29. The van der Waals surface area contributed by atoms with Gasteiger partial charge in [0, 0.05) is 21.7 Å². The summed E-state index contributed by atoms with van der Waals surface area (Å²) in [7, 11) is 0. The molecule has 0 aliphatic heterocycles. The summed E-state index contributed by atoms with van der Waals surface area (Å²) in [6.45, 7) is 8.66. The van der Waals surface area contributed by atoms with Crippen molar-refractivity contribution in [1.82, 2.24) is 9.97 Å². The van der Waals surface area contributed by atoms with Crippen molar-refractivity contribution in [2.75, 3.05) is 0 Å². The van der Waals surface area contributed by atoms with Gasteiger partial charge >= 0.3 is 0 Å². The van der Waals surface area contributed by atoms with Gasteiger partial charge in [-0.15, -0.1) is 0 Å². The third-order valence-electron chi connectivity index (χ3n) is 5.09. The largest absolute Gasteiger partial charge is 0.506 e. The lowest BCUT2D eigenvalue weighted by Crippen LogP contribution is -2.26. The quantitative estimate of drug-likeness (QED) is 0.522. The molecule has 0 atom stereocenters. The Labute approximate surface area is 163 Å². The maximum Gasteiger partial charge on any atom is 0.145 e. The zero-order chi connectivity index (χ0) is 18.8. The van der Waals surface area contributed by atoms with Crippen LogP contribution in [0.1, 0.15) is 36.2 Å². The number of hydrogen-bond acceptors (Lipinski definition) is 2. The average Bonchev–Trinajstić information content (AvgIpc) is 2.95. The molecule has 0 bridgehead atoms. The van der Waals surface area contributed by atoms with E-state index in [0.717, 1.165) is 17.8 Å². The van der Waals surface area contributed by atoms with Crippen LogP contribution in [0, 0.1) is 13.8 Å². The van der Waals surface area contributed by atoms with Crippen LogP contribution in [0.4, 0.5) is 0 Å². The fourth-order valence-corrected chi connectivity index (χ4v) is 4.51. The maximum absolute atomic E-state index is 10.4. The molecule has 0 fully saturated rings. The average molecular weight is 387 g/mol. The Morgan fingerprint density at radius 2 is 1.85 bits per heavy atom. The van der Waals surface area contributed by atoms with Crippen molar-refractivity contribution >= 4 is 23.2 Å². The smallest absolute Gasteiger partial charge is 0.145 e. The Morgan fingerprint density at radius 3 is 2.58 bits per heavy atom. The fraction of sp³-hybridized carbons (Fsp3) is 0.286. The van der Waals surface area contributed by atoms with Crippen molar-refractivity contribution in [2.45, 2.75) is 39.5 Å². The number of aromatic amines is 1. The molecule has 2 aromatic carbocycles. The molecular weight excluding hydrogens is 367 g/mol. The van der Waals surface area contributed by atoms with E-state index in [2.05, 4.69) is 44.8 Å². The van der Waals surface area contributed by atoms with Crippen LogP contribution in [0.2, 0.25) is 10.0 Å². The van der Waals surface area contributed by atoms with Gasteiger partial charge in [0.1, 0.15) is 11.6 Å². The first-order chi connectivity index (χ1) is 12.2. The van der Waals surface area contributed by atoms with Crippen molar-refractivity contribution in [2.24, 2.45) is 0 Å². The van der Waals surface area contributed by atoms with E-state index in [4.69, 9.17) is 28.2 Å². The van der Waals surface area contributed by atoms with E-state index in [1.165, 1.54) is 28.3 Å². The minimum absolute atomic E-state index is 0.0131. The second-order valence-electron chi connectivity index (χ2n) is 7.77. The summed E-state index contributed by atoms with van der Waals surface area (Å²) in [6, 6.07) is 7.64. The highest BCUT2D eigenvalue weighted by Crippen LogP contribution is 2.46. The van der Waals surface area contributed by atoms with Gasteiger partial charge in [0.05, 0.1) is 16.3 Å². The Balaban J connectivity index is 1.99. The monoisotopic (exact) mass is 386 g/mol. The lowest BCUT2D eigenvalue weighted by atomic mass is 9.73. The minimum Gasteiger partial charge on any atom is -0.506 e. The molecule has 2 N–H and O–H groups in total. The van der Waals surface area contributed by atoms with Gasteiger partial charge in [-0.2, -0.15) is 0 Å². The van der Waals surface area contributed by atoms with Gasteiger partial charge in [0.15, 0.2) is 0 Å². The second-order valence-corrected chi connectivity index (χ2v) is 8.61. The molecule has 134 valence electrons. The SMILES string of the molecule is Cc1cc(C)c2c(c1)CC(C)(C)c1[nH]c(-c3cc(Cl)cc(Cl)c3O)nc1-2. The highest BCUT2D eigenvalue weighted by atomic mass is 35.5. The first kappa shape index (κ1) is 17.4. The van der Waals surface area contributed by atoms with Gasteiger partial charge in [-0.3, -0.25) is 0 Å². The third-order valence-corrected chi connectivity index (χ3v) is 5.60. The van der Waals surface area contributed by atoms with E-state index in [1.807, 2.05) is 0 Å². The molecule has 0 saturated heterocycles. The van der Waals surface area contributed by atoms with E-state index >= 15 is 0 Å². The number of phenolic OH excluding ortho intramolecular Hbond substituents is 1. The molecule has 1 aromatic heterocycles. The molecule has 5 heteroatoms. The van der Waals surface area contributed by atoms with E-state index in [-0.39, 0.29) is 16.2 Å². The molecule has 1 aliphatic rings. The normalized spacial score (nSPS) is 14.8. The number of rotatable bonds is 1. The van der Waals surface area contributed by atoms with E-state index in [1.54, 1.807) is 6.07 Å². The highest BCUT2D eigenvalue weighted by molar-refractivity contribution is 6.36. The van der Waals surface area contributed by atoms with E-state index in [0.29, 0.717) is 16.4 Å². The molecule has 3 nitrogen and oxygen atoms in total. The van der Waals surface area contributed by atoms with Gasteiger partial charge in [-0.25, -0.2) is 4.98 Å². The molecule has 0 unspecified atom stereocenters. The van der Waals surface area contributed by atoms with Crippen molar-refractivity contribution in [1.29, 1.82) is 0 Å². The number of hydrogen-bond donors (Lipinski definition) is 2. The Kier molecular flexibility index (Phi) is 3.87. The standard InChI is InChI=1S/C21H20Cl2N2O/c1-10-5-11(2)16-12(6-10)9-21(3,4)19-17(16)24-20(25-19)14-7-13(22)8-15(23)18(14)26/h5-8,26H,9H2,1-4H3,(H,24,25). The molecule has 3 aromatic rings. The van der Waals surface area contributed by atoms with Gasteiger partial charge in [0.2, 0.25) is 0 Å². The third kappa shape index (κ3) is 2.62. The topological polar surface area (TPSA) is 48.9 Å². The number of aromatic hydroxyl groups is 1. The summed E-state index contributed by atoms with van der Waals surface area (Å²) < 4.78 is 0. The summed E-state index contributed by atoms with van der Waals surface area (Å²) in [5, 5.41) is 11.1. The van der Waals surface area contributed by atoms with Crippen molar-refractivity contribution in [3.05, 3.63) is 56.7 Å². The minimum atomic E-state index is -0.0915. The van der Waals surface area contributed by atoms with Gasteiger partial charge in [0.25, 0.3) is 0 Å². The first-order valence-electron chi connectivity index (χ1n) is 8.57. The van der Waals surface area contributed by atoms with Crippen LogP contribution in [0.3, 0.4) is 0 Å². The Morgan fingerprint density at radius 1 is 1.12 bits per heavy atom.